The van der Waals surface area contributed by atoms with E-state index in [1.165, 1.54) is 0 Å². The van der Waals surface area contributed by atoms with Gasteiger partial charge in [-0.2, -0.15) is 0 Å². The molecular weight excluding hydrogens is 297 g/mol. The van der Waals surface area contributed by atoms with Crippen molar-refractivity contribution in [2.24, 2.45) is 0 Å². The van der Waals surface area contributed by atoms with Gasteiger partial charge in [-0.1, -0.05) is 11.6 Å². The molecule has 110 valence electrons. The minimum atomic E-state index is 0.0382. The lowest BCUT2D eigenvalue weighted by molar-refractivity contribution is -0.119. The summed E-state index contributed by atoms with van der Waals surface area (Å²) in [6.07, 6.45) is 3.43. The third-order valence-corrected chi connectivity index (χ3v) is 4.17. The van der Waals surface area contributed by atoms with E-state index in [1.54, 1.807) is 19.2 Å². The van der Waals surface area contributed by atoms with Gasteiger partial charge in [0.25, 0.3) is 0 Å². The maximum absolute atomic E-state index is 12.4. The predicted molar refractivity (Wildman–Crippen MR) is 82.7 cm³/mol. The fourth-order valence-corrected chi connectivity index (χ4v) is 3.09. The Kier molecular flexibility index (Phi) is 5.70. The second kappa shape index (κ2) is 7.30. The SMILES string of the molecule is COC1CCCC1N(C(=O)CCCl)c1ccc(Cl)cc1. The second-order valence-electron chi connectivity index (χ2n) is 4.95. The monoisotopic (exact) mass is 315 g/mol. The van der Waals surface area contributed by atoms with Crippen molar-refractivity contribution >= 4 is 34.8 Å². The van der Waals surface area contributed by atoms with Crippen molar-refractivity contribution in [1.82, 2.24) is 0 Å². The smallest absolute Gasteiger partial charge is 0.228 e. The number of carbonyl (C=O) groups excluding carboxylic acids is 1. The number of benzene rings is 1. The molecule has 1 aliphatic carbocycles. The number of anilines is 1. The van der Waals surface area contributed by atoms with E-state index in [9.17, 15) is 4.79 Å². The molecule has 0 spiro atoms. The maximum Gasteiger partial charge on any atom is 0.228 e. The standard InChI is InChI=1S/C15H19Cl2NO2/c1-20-14-4-2-3-13(14)18(15(19)9-10-16)12-7-5-11(17)6-8-12/h5-8,13-14H,2-4,9-10H2,1H3. The number of methoxy groups -OCH3 is 1. The highest BCUT2D eigenvalue weighted by Crippen LogP contribution is 2.31. The average Bonchev–Trinajstić information content (AvgIpc) is 2.90. The average molecular weight is 316 g/mol. The number of ether oxygens (including phenoxy) is 1. The molecule has 0 radical (unpaired) electrons. The molecule has 0 saturated heterocycles. The van der Waals surface area contributed by atoms with Crippen molar-refractivity contribution in [3.8, 4) is 0 Å². The van der Waals surface area contributed by atoms with E-state index >= 15 is 0 Å². The van der Waals surface area contributed by atoms with Crippen LogP contribution in [0.4, 0.5) is 5.69 Å². The molecule has 3 nitrogen and oxygen atoms in total. The Labute approximate surface area is 129 Å². The Balaban J connectivity index is 2.29. The third-order valence-electron chi connectivity index (χ3n) is 3.73. The van der Waals surface area contributed by atoms with Crippen LogP contribution in [-0.4, -0.2) is 31.0 Å². The summed E-state index contributed by atoms with van der Waals surface area (Å²) in [4.78, 5) is 14.3. The van der Waals surface area contributed by atoms with Crippen LogP contribution in [-0.2, 0) is 9.53 Å². The molecular formula is C15H19Cl2NO2. The molecule has 1 aliphatic rings. The fraction of sp³-hybridized carbons (Fsp3) is 0.533. The first-order chi connectivity index (χ1) is 9.67. The Morgan fingerprint density at radius 2 is 2.05 bits per heavy atom. The number of amides is 1. The molecule has 2 unspecified atom stereocenters. The van der Waals surface area contributed by atoms with E-state index < -0.39 is 0 Å². The Hall–Kier alpha value is -0.770. The molecule has 1 amide bonds. The largest absolute Gasteiger partial charge is 0.379 e. The molecule has 2 atom stereocenters. The number of rotatable bonds is 5. The van der Waals surface area contributed by atoms with Gasteiger partial charge in [0.15, 0.2) is 0 Å². The van der Waals surface area contributed by atoms with Crippen LogP contribution in [0.15, 0.2) is 24.3 Å². The number of halogens is 2. The normalized spacial score (nSPS) is 21.9. The van der Waals surface area contributed by atoms with Gasteiger partial charge in [0.05, 0.1) is 12.1 Å². The molecule has 5 heteroatoms. The van der Waals surface area contributed by atoms with Crippen molar-refractivity contribution in [2.45, 2.75) is 37.8 Å². The summed E-state index contributed by atoms with van der Waals surface area (Å²) in [5, 5.41) is 0.660. The van der Waals surface area contributed by atoms with Crippen LogP contribution in [0.1, 0.15) is 25.7 Å². The van der Waals surface area contributed by atoms with Crippen LogP contribution in [0.3, 0.4) is 0 Å². The van der Waals surface area contributed by atoms with E-state index in [1.807, 2.05) is 17.0 Å². The van der Waals surface area contributed by atoms with Gasteiger partial charge >= 0.3 is 0 Å². The highest BCUT2D eigenvalue weighted by Gasteiger charge is 2.35. The molecule has 1 aromatic rings. The molecule has 0 N–H and O–H groups in total. The third kappa shape index (κ3) is 3.46. The van der Waals surface area contributed by atoms with E-state index in [0.29, 0.717) is 17.3 Å². The van der Waals surface area contributed by atoms with Gasteiger partial charge < -0.3 is 9.64 Å². The summed E-state index contributed by atoms with van der Waals surface area (Å²) in [5.74, 6) is 0.365. The number of hydrogen-bond acceptors (Lipinski definition) is 2. The van der Waals surface area contributed by atoms with Gasteiger partial charge in [0, 0.05) is 30.1 Å². The molecule has 0 heterocycles. The van der Waals surface area contributed by atoms with Crippen LogP contribution in [0.5, 0.6) is 0 Å². The zero-order valence-corrected chi connectivity index (χ0v) is 13.0. The van der Waals surface area contributed by atoms with Crippen LogP contribution in [0, 0.1) is 0 Å². The van der Waals surface area contributed by atoms with E-state index in [4.69, 9.17) is 27.9 Å². The van der Waals surface area contributed by atoms with Gasteiger partial charge in [-0.25, -0.2) is 0 Å². The van der Waals surface area contributed by atoms with Crippen molar-refractivity contribution in [1.29, 1.82) is 0 Å². The molecule has 1 saturated carbocycles. The Morgan fingerprint density at radius 1 is 1.35 bits per heavy atom. The van der Waals surface area contributed by atoms with Gasteiger partial charge in [-0.05, 0) is 43.5 Å². The zero-order chi connectivity index (χ0) is 14.5. The van der Waals surface area contributed by atoms with Crippen LogP contribution < -0.4 is 4.90 Å². The first kappa shape index (κ1) is 15.6. The lowest BCUT2D eigenvalue weighted by Gasteiger charge is -2.32. The summed E-state index contributed by atoms with van der Waals surface area (Å²) in [6.45, 7) is 0. The first-order valence-electron chi connectivity index (χ1n) is 6.83. The second-order valence-corrected chi connectivity index (χ2v) is 5.77. The van der Waals surface area contributed by atoms with E-state index in [2.05, 4.69) is 0 Å². The lowest BCUT2D eigenvalue weighted by atomic mass is 10.1. The number of alkyl halides is 1. The fourth-order valence-electron chi connectivity index (χ4n) is 2.80. The van der Waals surface area contributed by atoms with Gasteiger partial charge in [0.2, 0.25) is 5.91 Å². The predicted octanol–water partition coefficient (Wildman–Crippen LogP) is 3.87. The van der Waals surface area contributed by atoms with Crippen molar-refractivity contribution in [2.75, 3.05) is 17.9 Å². The summed E-state index contributed by atoms with van der Waals surface area (Å²) in [5.41, 5.74) is 0.860. The topological polar surface area (TPSA) is 29.5 Å². The Bertz CT molecular complexity index is 450. The van der Waals surface area contributed by atoms with Crippen LogP contribution in [0.25, 0.3) is 0 Å². The molecule has 20 heavy (non-hydrogen) atoms. The highest BCUT2D eigenvalue weighted by molar-refractivity contribution is 6.30. The molecule has 0 aliphatic heterocycles. The summed E-state index contributed by atoms with van der Waals surface area (Å²) in [6, 6.07) is 7.43. The number of hydrogen-bond donors (Lipinski definition) is 0. The van der Waals surface area contributed by atoms with Crippen molar-refractivity contribution < 1.29 is 9.53 Å². The first-order valence-corrected chi connectivity index (χ1v) is 7.75. The minimum Gasteiger partial charge on any atom is -0.379 e. The summed E-state index contributed by atoms with van der Waals surface area (Å²) >= 11 is 11.7. The minimum absolute atomic E-state index is 0.0382. The molecule has 2 rings (SSSR count). The lowest BCUT2D eigenvalue weighted by Crippen LogP contribution is -2.45. The molecule has 1 aromatic carbocycles. The Morgan fingerprint density at radius 3 is 2.65 bits per heavy atom. The number of carbonyl (C=O) groups is 1. The summed E-state index contributed by atoms with van der Waals surface area (Å²) in [7, 11) is 1.70. The van der Waals surface area contributed by atoms with Crippen LogP contribution >= 0.6 is 23.2 Å². The summed E-state index contributed by atoms with van der Waals surface area (Å²) < 4.78 is 5.53. The van der Waals surface area contributed by atoms with Crippen molar-refractivity contribution in [3.05, 3.63) is 29.3 Å². The maximum atomic E-state index is 12.4. The van der Waals surface area contributed by atoms with E-state index in [-0.39, 0.29) is 18.1 Å². The zero-order valence-electron chi connectivity index (χ0n) is 11.5. The van der Waals surface area contributed by atoms with Gasteiger partial charge in [-0.15, -0.1) is 11.6 Å². The van der Waals surface area contributed by atoms with Gasteiger partial charge in [-0.3, -0.25) is 4.79 Å². The van der Waals surface area contributed by atoms with Crippen molar-refractivity contribution in [3.63, 3.8) is 0 Å². The molecule has 0 bridgehead atoms. The quantitative estimate of drug-likeness (QED) is 0.772. The van der Waals surface area contributed by atoms with Crippen LogP contribution in [0.2, 0.25) is 5.02 Å². The van der Waals surface area contributed by atoms with E-state index in [0.717, 1.165) is 24.9 Å². The molecule has 0 aromatic heterocycles. The number of nitrogens with zero attached hydrogens (tertiary/aromatic N) is 1. The highest BCUT2D eigenvalue weighted by atomic mass is 35.5. The molecule has 1 fully saturated rings. The van der Waals surface area contributed by atoms with Gasteiger partial charge in [0.1, 0.15) is 0 Å².